The van der Waals surface area contributed by atoms with E-state index in [1.165, 1.54) is 0 Å². The smallest absolute Gasteiger partial charge is 0.408 e. The van der Waals surface area contributed by atoms with Gasteiger partial charge in [-0.2, -0.15) is 0 Å². The predicted octanol–water partition coefficient (Wildman–Crippen LogP) is 4.32. The molecule has 0 spiro atoms. The molecule has 116 valence electrons. The quantitative estimate of drug-likeness (QED) is 0.824. The number of aromatic nitrogens is 1. The van der Waals surface area contributed by atoms with Crippen molar-refractivity contribution in [2.45, 2.75) is 52.7 Å². The summed E-state index contributed by atoms with van der Waals surface area (Å²) in [4.78, 5) is 16.3. The van der Waals surface area contributed by atoms with E-state index < -0.39 is 11.7 Å². The Morgan fingerprint density at radius 2 is 2.24 bits per heavy atom. The van der Waals surface area contributed by atoms with E-state index >= 15 is 0 Å². The number of hydrogen-bond donors (Lipinski definition) is 1. The van der Waals surface area contributed by atoms with Crippen LogP contribution in [0.3, 0.4) is 0 Å². The summed E-state index contributed by atoms with van der Waals surface area (Å²) in [6, 6.07) is -0.139. The molecule has 0 saturated heterocycles. The fraction of sp³-hybridized carbons (Fsp3) is 0.500. The molecule has 1 aromatic rings. The molecule has 0 unspecified atom stereocenters. The van der Waals surface area contributed by atoms with E-state index in [1.54, 1.807) is 17.4 Å². The van der Waals surface area contributed by atoms with Gasteiger partial charge in [-0.15, -0.1) is 17.9 Å². The molecule has 5 heteroatoms. The van der Waals surface area contributed by atoms with Gasteiger partial charge in [-0.3, -0.25) is 0 Å². The first-order valence-electron chi connectivity index (χ1n) is 6.92. The molecule has 1 rings (SSSR count). The van der Waals surface area contributed by atoms with Gasteiger partial charge in [0.1, 0.15) is 5.60 Å². The first kappa shape index (κ1) is 17.4. The zero-order valence-corrected chi connectivity index (χ0v) is 14.2. The van der Waals surface area contributed by atoms with Crippen LogP contribution in [0.4, 0.5) is 4.79 Å². The molecular weight excluding hydrogens is 284 g/mol. The van der Waals surface area contributed by atoms with Gasteiger partial charge in [-0.1, -0.05) is 6.08 Å². The van der Waals surface area contributed by atoms with Crippen molar-refractivity contribution in [2.75, 3.05) is 0 Å². The van der Waals surface area contributed by atoms with Gasteiger partial charge in [0.2, 0.25) is 0 Å². The standard InChI is InChI=1S/C16H24N2O2S/c1-7-8-14(18-15(19)20-16(4,5)6)11(2)9-13-10-21-12(3)17-13/h7,9-10,14H,1,8H2,2-6H3,(H,18,19)/b11-9+/t14-/m0/s1. The Balaban J connectivity index is 2.78. The second-order valence-corrected chi connectivity index (χ2v) is 6.97. The molecule has 4 nitrogen and oxygen atoms in total. The number of carbonyl (C=O) groups excluding carboxylic acids is 1. The van der Waals surface area contributed by atoms with Crippen molar-refractivity contribution in [3.8, 4) is 0 Å². The largest absolute Gasteiger partial charge is 0.444 e. The van der Waals surface area contributed by atoms with Gasteiger partial charge in [0.15, 0.2) is 0 Å². The highest BCUT2D eigenvalue weighted by Gasteiger charge is 2.19. The monoisotopic (exact) mass is 308 g/mol. The minimum absolute atomic E-state index is 0.139. The topological polar surface area (TPSA) is 51.2 Å². The van der Waals surface area contributed by atoms with Gasteiger partial charge in [-0.05, 0) is 52.7 Å². The first-order valence-corrected chi connectivity index (χ1v) is 7.80. The number of carbonyl (C=O) groups is 1. The van der Waals surface area contributed by atoms with E-state index in [2.05, 4.69) is 16.9 Å². The van der Waals surface area contributed by atoms with Crippen LogP contribution in [0.1, 0.15) is 44.8 Å². The minimum atomic E-state index is -0.507. The second-order valence-electron chi connectivity index (χ2n) is 5.90. The number of hydrogen-bond acceptors (Lipinski definition) is 4. The van der Waals surface area contributed by atoms with Crippen molar-refractivity contribution in [1.29, 1.82) is 0 Å². The normalized spacial score (nSPS) is 13.7. The van der Waals surface area contributed by atoms with E-state index in [4.69, 9.17) is 4.74 Å². The Morgan fingerprint density at radius 1 is 1.57 bits per heavy atom. The molecule has 1 heterocycles. The average molecular weight is 308 g/mol. The zero-order chi connectivity index (χ0) is 16.0. The van der Waals surface area contributed by atoms with Gasteiger partial charge < -0.3 is 10.1 Å². The highest BCUT2D eigenvalue weighted by atomic mass is 32.1. The minimum Gasteiger partial charge on any atom is -0.444 e. The summed E-state index contributed by atoms with van der Waals surface area (Å²) in [6.45, 7) is 13.2. The molecule has 1 aromatic heterocycles. The van der Waals surface area contributed by atoms with Gasteiger partial charge in [0, 0.05) is 5.38 Å². The fourth-order valence-corrected chi connectivity index (χ4v) is 2.33. The third-order valence-electron chi connectivity index (χ3n) is 2.66. The summed E-state index contributed by atoms with van der Waals surface area (Å²) in [5, 5.41) is 5.90. The van der Waals surface area contributed by atoms with Crippen LogP contribution in [-0.4, -0.2) is 22.7 Å². The van der Waals surface area contributed by atoms with Crippen LogP contribution in [0.5, 0.6) is 0 Å². The summed E-state index contributed by atoms with van der Waals surface area (Å²) >= 11 is 1.61. The molecule has 0 aliphatic rings. The molecule has 0 bridgehead atoms. The Bertz CT molecular complexity index is 527. The van der Waals surface area contributed by atoms with E-state index in [0.29, 0.717) is 6.42 Å². The summed E-state index contributed by atoms with van der Waals surface area (Å²) in [5.41, 5.74) is 1.42. The molecule has 0 aliphatic carbocycles. The van der Waals surface area contributed by atoms with Crippen molar-refractivity contribution in [1.82, 2.24) is 10.3 Å². The van der Waals surface area contributed by atoms with Crippen LogP contribution in [-0.2, 0) is 4.74 Å². The SMILES string of the molecule is C=CC[C@H](NC(=O)OC(C)(C)C)/C(C)=C/c1csc(C)n1. The van der Waals surface area contributed by atoms with Crippen molar-refractivity contribution < 1.29 is 9.53 Å². The lowest BCUT2D eigenvalue weighted by atomic mass is 10.0. The van der Waals surface area contributed by atoms with Gasteiger partial charge in [-0.25, -0.2) is 9.78 Å². The van der Waals surface area contributed by atoms with E-state index in [-0.39, 0.29) is 6.04 Å². The van der Waals surface area contributed by atoms with Gasteiger partial charge in [0.25, 0.3) is 0 Å². The first-order chi connectivity index (χ1) is 9.71. The highest BCUT2D eigenvalue weighted by molar-refractivity contribution is 7.09. The van der Waals surface area contributed by atoms with Gasteiger partial charge >= 0.3 is 6.09 Å². The average Bonchev–Trinajstić information content (AvgIpc) is 2.71. The summed E-state index contributed by atoms with van der Waals surface area (Å²) in [5.74, 6) is 0. The third kappa shape index (κ3) is 6.58. The maximum atomic E-state index is 11.9. The molecule has 21 heavy (non-hydrogen) atoms. The number of thiazole rings is 1. The summed E-state index contributed by atoms with van der Waals surface area (Å²) < 4.78 is 5.29. The Morgan fingerprint density at radius 3 is 2.71 bits per heavy atom. The molecule has 0 saturated carbocycles. The van der Waals surface area contributed by atoms with E-state index in [9.17, 15) is 4.79 Å². The zero-order valence-electron chi connectivity index (χ0n) is 13.4. The number of alkyl carbamates (subject to hydrolysis) is 1. The molecule has 0 radical (unpaired) electrons. The maximum absolute atomic E-state index is 11.9. The van der Waals surface area contributed by atoms with Crippen molar-refractivity contribution in [3.05, 3.63) is 34.3 Å². The van der Waals surface area contributed by atoms with Gasteiger partial charge in [0.05, 0.1) is 16.7 Å². The second kappa shape index (κ2) is 7.41. The van der Waals surface area contributed by atoms with Crippen molar-refractivity contribution in [3.63, 3.8) is 0 Å². The lowest BCUT2D eigenvalue weighted by molar-refractivity contribution is 0.0512. The number of nitrogens with zero attached hydrogens (tertiary/aromatic N) is 1. The molecule has 1 amide bonds. The molecule has 0 aliphatic heterocycles. The molecular formula is C16H24N2O2S. The highest BCUT2D eigenvalue weighted by Crippen LogP contribution is 2.16. The van der Waals surface area contributed by atoms with Crippen LogP contribution < -0.4 is 5.32 Å². The lowest BCUT2D eigenvalue weighted by Gasteiger charge is -2.23. The van der Waals surface area contributed by atoms with Crippen molar-refractivity contribution in [2.24, 2.45) is 0 Å². The van der Waals surface area contributed by atoms with Crippen LogP contribution >= 0.6 is 11.3 Å². The van der Waals surface area contributed by atoms with Crippen LogP contribution in [0, 0.1) is 6.92 Å². The third-order valence-corrected chi connectivity index (χ3v) is 3.45. The molecule has 1 N–H and O–H groups in total. The Labute approximate surface area is 130 Å². The Kier molecular flexibility index (Phi) is 6.15. The molecule has 1 atom stereocenters. The maximum Gasteiger partial charge on any atom is 0.408 e. The molecule has 0 aromatic carbocycles. The van der Waals surface area contributed by atoms with E-state index in [0.717, 1.165) is 16.3 Å². The Hall–Kier alpha value is -1.62. The number of amides is 1. The summed E-state index contributed by atoms with van der Waals surface area (Å²) in [7, 11) is 0. The number of aryl methyl sites for hydroxylation is 1. The number of nitrogens with one attached hydrogen (secondary N) is 1. The van der Waals surface area contributed by atoms with E-state index in [1.807, 2.05) is 46.1 Å². The molecule has 0 fully saturated rings. The number of ether oxygens (including phenoxy) is 1. The summed E-state index contributed by atoms with van der Waals surface area (Å²) in [6.07, 6.45) is 3.99. The fourth-order valence-electron chi connectivity index (χ4n) is 1.76. The van der Waals surface area contributed by atoms with Crippen LogP contribution in [0.25, 0.3) is 6.08 Å². The van der Waals surface area contributed by atoms with Crippen LogP contribution in [0.15, 0.2) is 23.6 Å². The predicted molar refractivity (Wildman–Crippen MR) is 88.5 cm³/mol. The number of rotatable bonds is 5. The lowest BCUT2D eigenvalue weighted by Crippen LogP contribution is -2.39. The van der Waals surface area contributed by atoms with Crippen molar-refractivity contribution >= 4 is 23.5 Å². The van der Waals surface area contributed by atoms with Crippen LogP contribution in [0.2, 0.25) is 0 Å².